The van der Waals surface area contributed by atoms with Gasteiger partial charge in [-0.25, -0.2) is 0 Å². The summed E-state index contributed by atoms with van der Waals surface area (Å²) in [5.41, 5.74) is 5.05. The first-order valence-corrected chi connectivity index (χ1v) is 6.87. The van der Waals surface area contributed by atoms with Gasteiger partial charge in [0.05, 0.1) is 5.60 Å². The van der Waals surface area contributed by atoms with E-state index in [2.05, 4.69) is 23.9 Å². The van der Waals surface area contributed by atoms with Gasteiger partial charge in [0.2, 0.25) is 0 Å². The largest absolute Gasteiger partial charge is 0.389 e. The Labute approximate surface area is 105 Å². The van der Waals surface area contributed by atoms with Crippen LogP contribution in [0.3, 0.4) is 0 Å². The number of aliphatic hydroxyl groups is 1. The van der Waals surface area contributed by atoms with E-state index in [0.29, 0.717) is 18.6 Å². The van der Waals surface area contributed by atoms with Gasteiger partial charge in [-0.1, -0.05) is 0 Å². The SMILES string of the molecule is CN1CCC(N(C)C2CCC(O)(CN)CC2)C1. The fourth-order valence-electron chi connectivity index (χ4n) is 3.29. The summed E-state index contributed by atoms with van der Waals surface area (Å²) in [6, 6.07) is 1.34. The Balaban J connectivity index is 1.84. The standard InChI is InChI=1S/C13H27N3O/c1-15-8-5-12(9-15)16(2)11-3-6-13(17,10-14)7-4-11/h11-12,17H,3-10,14H2,1-2H3. The highest BCUT2D eigenvalue weighted by Gasteiger charge is 2.35. The summed E-state index contributed by atoms with van der Waals surface area (Å²) in [6.07, 6.45) is 5.18. The topological polar surface area (TPSA) is 52.7 Å². The fraction of sp³-hybridized carbons (Fsp3) is 1.00. The van der Waals surface area contributed by atoms with Gasteiger partial charge in [-0.05, 0) is 52.7 Å². The zero-order valence-corrected chi connectivity index (χ0v) is 11.2. The van der Waals surface area contributed by atoms with Gasteiger partial charge in [0.1, 0.15) is 0 Å². The molecule has 2 aliphatic rings. The molecule has 4 nitrogen and oxygen atoms in total. The molecule has 2 rings (SSSR count). The van der Waals surface area contributed by atoms with Gasteiger partial charge >= 0.3 is 0 Å². The normalized spacial score (nSPS) is 40.1. The zero-order valence-electron chi connectivity index (χ0n) is 11.2. The minimum atomic E-state index is -0.580. The lowest BCUT2D eigenvalue weighted by Gasteiger charge is -2.41. The van der Waals surface area contributed by atoms with E-state index in [0.717, 1.165) is 25.7 Å². The molecule has 1 heterocycles. The average Bonchev–Trinajstić information content (AvgIpc) is 2.76. The molecule has 0 radical (unpaired) electrons. The number of hydrogen-bond acceptors (Lipinski definition) is 4. The van der Waals surface area contributed by atoms with Crippen LogP contribution in [0.25, 0.3) is 0 Å². The first-order chi connectivity index (χ1) is 8.04. The third-order valence-corrected chi connectivity index (χ3v) is 4.78. The van der Waals surface area contributed by atoms with Crippen LogP contribution in [0.15, 0.2) is 0 Å². The second kappa shape index (κ2) is 5.22. The molecule has 0 bridgehead atoms. The molecular weight excluding hydrogens is 214 g/mol. The van der Waals surface area contributed by atoms with Crippen LogP contribution in [-0.2, 0) is 0 Å². The molecule has 100 valence electrons. The highest BCUT2D eigenvalue weighted by Crippen LogP contribution is 2.31. The van der Waals surface area contributed by atoms with Gasteiger partial charge in [-0.3, -0.25) is 4.90 Å². The molecule has 1 atom stereocenters. The molecule has 0 aromatic carbocycles. The highest BCUT2D eigenvalue weighted by atomic mass is 16.3. The molecule has 0 spiro atoms. The second-order valence-electron chi connectivity index (χ2n) is 6.03. The van der Waals surface area contributed by atoms with Crippen molar-refractivity contribution in [1.82, 2.24) is 9.80 Å². The smallest absolute Gasteiger partial charge is 0.0770 e. The van der Waals surface area contributed by atoms with E-state index in [1.54, 1.807) is 0 Å². The van der Waals surface area contributed by atoms with Crippen molar-refractivity contribution in [2.45, 2.75) is 49.8 Å². The molecule has 1 aliphatic carbocycles. The molecule has 2 fully saturated rings. The Hall–Kier alpha value is -0.160. The molecule has 0 aromatic heterocycles. The van der Waals surface area contributed by atoms with Crippen molar-refractivity contribution in [1.29, 1.82) is 0 Å². The van der Waals surface area contributed by atoms with E-state index in [1.165, 1.54) is 19.5 Å². The maximum Gasteiger partial charge on any atom is 0.0770 e. The van der Waals surface area contributed by atoms with Crippen molar-refractivity contribution in [2.75, 3.05) is 33.7 Å². The van der Waals surface area contributed by atoms with Crippen molar-refractivity contribution in [3.05, 3.63) is 0 Å². The number of nitrogens with two attached hydrogens (primary N) is 1. The molecule has 3 N–H and O–H groups in total. The van der Waals surface area contributed by atoms with Crippen LogP contribution < -0.4 is 5.73 Å². The minimum Gasteiger partial charge on any atom is -0.389 e. The molecule has 17 heavy (non-hydrogen) atoms. The van der Waals surface area contributed by atoms with Crippen molar-refractivity contribution in [3.8, 4) is 0 Å². The number of nitrogens with zero attached hydrogens (tertiary/aromatic N) is 2. The summed E-state index contributed by atoms with van der Waals surface area (Å²) in [5, 5.41) is 10.1. The van der Waals surface area contributed by atoms with Crippen molar-refractivity contribution in [3.63, 3.8) is 0 Å². The summed E-state index contributed by atoms with van der Waals surface area (Å²) in [5.74, 6) is 0. The van der Waals surface area contributed by atoms with Crippen LogP contribution >= 0.6 is 0 Å². The molecule has 1 saturated carbocycles. The maximum atomic E-state index is 10.1. The van der Waals surface area contributed by atoms with Crippen LogP contribution in [0, 0.1) is 0 Å². The summed E-state index contributed by atoms with van der Waals surface area (Å²) >= 11 is 0. The highest BCUT2D eigenvalue weighted by molar-refractivity contribution is 4.92. The zero-order chi connectivity index (χ0) is 12.5. The van der Waals surface area contributed by atoms with Crippen molar-refractivity contribution < 1.29 is 5.11 Å². The lowest BCUT2D eigenvalue weighted by molar-refractivity contribution is -0.0146. The van der Waals surface area contributed by atoms with Gasteiger partial charge < -0.3 is 15.7 Å². The lowest BCUT2D eigenvalue weighted by Crippen LogP contribution is -2.49. The van der Waals surface area contributed by atoms with Gasteiger partial charge in [-0.15, -0.1) is 0 Å². The molecule has 0 amide bonds. The Morgan fingerprint density at radius 2 is 1.94 bits per heavy atom. The number of hydrogen-bond donors (Lipinski definition) is 2. The van der Waals surface area contributed by atoms with E-state index in [4.69, 9.17) is 5.73 Å². The quantitative estimate of drug-likeness (QED) is 0.744. The average molecular weight is 241 g/mol. The first kappa shape index (κ1) is 13.3. The van der Waals surface area contributed by atoms with Crippen LogP contribution in [0.1, 0.15) is 32.1 Å². The van der Waals surface area contributed by atoms with Crippen LogP contribution in [0.4, 0.5) is 0 Å². The Bertz CT molecular complexity index is 251. The summed E-state index contributed by atoms with van der Waals surface area (Å²) < 4.78 is 0. The van der Waals surface area contributed by atoms with Crippen LogP contribution in [-0.4, -0.2) is 66.3 Å². The van der Waals surface area contributed by atoms with E-state index in [9.17, 15) is 5.11 Å². The molecule has 1 saturated heterocycles. The van der Waals surface area contributed by atoms with E-state index in [1.807, 2.05) is 0 Å². The predicted octanol–water partition coefficient (Wildman–Crippen LogP) is 0.255. The number of likely N-dealkylation sites (tertiary alicyclic amines) is 1. The third-order valence-electron chi connectivity index (χ3n) is 4.78. The number of likely N-dealkylation sites (N-methyl/N-ethyl adjacent to an activating group) is 2. The second-order valence-corrected chi connectivity index (χ2v) is 6.03. The third kappa shape index (κ3) is 2.99. The molecule has 1 unspecified atom stereocenters. The first-order valence-electron chi connectivity index (χ1n) is 6.87. The van der Waals surface area contributed by atoms with Crippen molar-refractivity contribution >= 4 is 0 Å². The fourth-order valence-corrected chi connectivity index (χ4v) is 3.29. The molecule has 1 aliphatic heterocycles. The Morgan fingerprint density at radius 3 is 2.41 bits per heavy atom. The number of rotatable bonds is 3. The van der Waals surface area contributed by atoms with E-state index >= 15 is 0 Å². The lowest BCUT2D eigenvalue weighted by atomic mass is 9.81. The van der Waals surface area contributed by atoms with Gasteiger partial charge in [0, 0.05) is 25.2 Å². The Kier molecular flexibility index (Phi) is 4.08. The monoisotopic (exact) mass is 241 g/mol. The molecular formula is C13H27N3O. The van der Waals surface area contributed by atoms with Gasteiger partial charge in [0.25, 0.3) is 0 Å². The van der Waals surface area contributed by atoms with Crippen molar-refractivity contribution in [2.24, 2.45) is 5.73 Å². The summed E-state index contributed by atoms with van der Waals surface area (Å²) in [4.78, 5) is 4.94. The minimum absolute atomic E-state index is 0.412. The van der Waals surface area contributed by atoms with E-state index in [-0.39, 0.29) is 0 Å². The maximum absolute atomic E-state index is 10.1. The predicted molar refractivity (Wildman–Crippen MR) is 69.9 cm³/mol. The Morgan fingerprint density at radius 1 is 1.29 bits per heavy atom. The van der Waals surface area contributed by atoms with Gasteiger partial charge in [-0.2, -0.15) is 0 Å². The molecule has 0 aromatic rings. The summed E-state index contributed by atoms with van der Waals surface area (Å²) in [7, 11) is 4.45. The summed E-state index contributed by atoms with van der Waals surface area (Å²) in [6.45, 7) is 2.82. The van der Waals surface area contributed by atoms with Crippen LogP contribution in [0.5, 0.6) is 0 Å². The van der Waals surface area contributed by atoms with Crippen LogP contribution in [0.2, 0.25) is 0 Å². The van der Waals surface area contributed by atoms with E-state index < -0.39 is 5.60 Å². The molecule has 4 heteroatoms. The van der Waals surface area contributed by atoms with Gasteiger partial charge in [0.15, 0.2) is 0 Å².